The zero-order chi connectivity index (χ0) is 4.50. The minimum absolute atomic E-state index is 0.722. The lowest BCUT2D eigenvalue weighted by Crippen LogP contribution is -1.69. The topological polar surface area (TPSA) is 0 Å². The minimum atomic E-state index is -0.722. The van der Waals surface area contributed by atoms with Gasteiger partial charge in [-0.15, -0.1) is 11.7 Å². The maximum Gasteiger partial charge on any atom is -0.00650 e. The molecule has 0 saturated carbocycles. The minimum Gasteiger partial charge on any atom is -0.201 e. The Morgan fingerprint density at radius 1 is 1.60 bits per heavy atom. The fraction of sp³-hybridized carbons (Fsp3) is 0.667. The van der Waals surface area contributed by atoms with Crippen LogP contribution in [0, 0.1) is 6.26 Å². The van der Waals surface area contributed by atoms with Crippen molar-refractivity contribution in [1.82, 2.24) is 0 Å². The van der Waals surface area contributed by atoms with Crippen molar-refractivity contribution in [3.63, 3.8) is 0 Å². The first kappa shape index (κ1) is 5.70. The molecule has 0 aliphatic heterocycles. The molecule has 0 heterocycles. The van der Waals surface area contributed by atoms with E-state index >= 15 is 0 Å². The van der Waals surface area contributed by atoms with Crippen LogP contribution in [0.1, 0.15) is 0 Å². The van der Waals surface area contributed by atoms with Gasteiger partial charge in [-0.2, -0.15) is 0 Å². The van der Waals surface area contributed by atoms with Gasteiger partial charge in [0.15, 0.2) is 0 Å². The van der Waals surface area contributed by atoms with Crippen molar-refractivity contribution in [1.29, 1.82) is 0 Å². The van der Waals surface area contributed by atoms with E-state index in [0.717, 1.165) is 0 Å². The Hall–Kier alpha value is 0.700. The highest BCUT2D eigenvalue weighted by atomic mass is 33.1. The molecule has 2 heteroatoms. The van der Waals surface area contributed by atoms with Gasteiger partial charge in [0.25, 0.3) is 0 Å². The molecule has 1 radical (unpaired) electrons. The summed E-state index contributed by atoms with van der Waals surface area (Å²) in [5.41, 5.74) is 0. The van der Waals surface area contributed by atoms with Crippen LogP contribution in [0.3, 0.4) is 0 Å². The Morgan fingerprint density at radius 3 is 1.60 bits per heavy atom. The number of hydrogen-bond donors (Lipinski definition) is 1. The van der Waals surface area contributed by atoms with Gasteiger partial charge in [0, 0.05) is 0 Å². The fourth-order valence-corrected chi connectivity index (χ4v) is 0. The van der Waals surface area contributed by atoms with Gasteiger partial charge in [-0.3, -0.25) is 0 Å². The van der Waals surface area contributed by atoms with E-state index in [1.54, 1.807) is 0 Å². The third-order valence-electron chi connectivity index (χ3n) is 0. The maximum absolute atomic E-state index is 4.09. The smallest absolute Gasteiger partial charge is 0.00650 e. The molecule has 0 rings (SSSR count). The molecule has 0 aliphatic rings. The van der Waals surface area contributed by atoms with Gasteiger partial charge in [-0.25, -0.2) is 9.06 Å². The van der Waals surface area contributed by atoms with Crippen LogP contribution in [-0.2, 0) is 0 Å². The molecule has 0 amide bonds. The highest BCUT2D eigenvalue weighted by Gasteiger charge is 1.88. The monoisotopic (exact) mass is 109 g/mol. The highest BCUT2D eigenvalue weighted by Crippen LogP contribution is 2.41. The molecule has 0 bridgehead atoms. The van der Waals surface area contributed by atoms with E-state index in [-0.39, 0.29) is 0 Å². The lowest BCUT2D eigenvalue weighted by molar-refractivity contribution is 2.27. The number of thiol groups is 1. The fourth-order valence-electron chi connectivity index (χ4n) is 0. The Labute approximate surface area is 40.1 Å². The summed E-state index contributed by atoms with van der Waals surface area (Å²) in [7, 11) is -0.722. The van der Waals surface area contributed by atoms with Crippen molar-refractivity contribution < 1.29 is 0 Å². The van der Waals surface area contributed by atoms with Crippen LogP contribution in [-0.4, -0.2) is 12.5 Å². The Kier molecular flexibility index (Phi) is 1.63. The van der Waals surface area contributed by atoms with Gasteiger partial charge in [-0.05, 0) is 18.8 Å². The average Bonchev–Trinajstić information content (AvgIpc) is 0.722. The maximum atomic E-state index is 4.09. The third kappa shape index (κ3) is 69.9. The largest absolute Gasteiger partial charge is 0.201 e. The number of hydrogen-bond acceptors (Lipinski definition) is 1. The molecule has 0 N–H and O–H groups in total. The Balaban J connectivity index is 3.02. The van der Waals surface area contributed by atoms with Gasteiger partial charge < -0.3 is 0 Å². The molecule has 5 heavy (non-hydrogen) atoms. The average molecular weight is 109 g/mol. The summed E-state index contributed by atoms with van der Waals surface area (Å²) in [5.74, 6) is 0. The molecule has 0 fully saturated rings. The van der Waals surface area contributed by atoms with Crippen LogP contribution in [0.5, 0.6) is 0 Å². The van der Waals surface area contributed by atoms with E-state index in [1.165, 1.54) is 0 Å². The molecule has 0 aromatic heterocycles. The van der Waals surface area contributed by atoms with E-state index in [9.17, 15) is 0 Å². The van der Waals surface area contributed by atoms with E-state index < -0.39 is 9.06 Å². The first-order valence-corrected chi connectivity index (χ1v) is 4.96. The molecular formula is C3H9S2. The molecule has 0 aromatic carbocycles. The molecule has 0 aromatic rings. The first-order valence-electron chi connectivity index (χ1n) is 1.29. The molecule has 0 spiro atoms. The van der Waals surface area contributed by atoms with Crippen molar-refractivity contribution in [2.24, 2.45) is 0 Å². The van der Waals surface area contributed by atoms with E-state index in [1.807, 2.05) is 12.5 Å². The lowest BCUT2D eigenvalue weighted by atomic mass is 11.9. The van der Waals surface area contributed by atoms with Gasteiger partial charge in [0.2, 0.25) is 0 Å². The van der Waals surface area contributed by atoms with Crippen LogP contribution in [0.2, 0.25) is 0 Å². The summed E-state index contributed by atoms with van der Waals surface area (Å²) >= 11 is 4.09. The zero-order valence-electron chi connectivity index (χ0n) is 3.56. The van der Waals surface area contributed by atoms with Crippen LogP contribution >= 0.6 is 20.7 Å². The zero-order valence-corrected chi connectivity index (χ0v) is 5.27. The summed E-state index contributed by atoms with van der Waals surface area (Å²) < 4.78 is 0. The van der Waals surface area contributed by atoms with E-state index in [4.69, 9.17) is 0 Å². The predicted octanol–water partition coefficient (Wildman–Crippen LogP) is 1.69. The lowest BCUT2D eigenvalue weighted by Gasteiger charge is -2.12. The number of rotatable bonds is 0. The summed E-state index contributed by atoms with van der Waals surface area (Å²) in [4.78, 5) is 0. The summed E-state index contributed by atoms with van der Waals surface area (Å²) in [5, 5.41) is 0. The SMILES string of the molecule is [CH2]S(C)(C)S. The molecule has 33 valence electrons. The predicted molar refractivity (Wildman–Crippen MR) is 33.8 cm³/mol. The van der Waals surface area contributed by atoms with Crippen molar-refractivity contribution in [3.05, 3.63) is 6.26 Å². The van der Waals surface area contributed by atoms with E-state index in [0.29, 0.717) is 0 Å². The van der Waals surface area contributed by atoms with Gasteiger partial charge in [-0.1, -0.05) is 0 Å². The molecular weight excluding hydrogens is 100 g/mol. The van der Waals surface area contributed by atoms with Gasteiger partial charge in [0.1, 0.15) is 0 Å². The highest BCUT2D eigenvalue weighted by molar-refractivity contribution is 8.88. The van der Waals surface area contributed by atoms with Crippen molar-refractivity contribution in [2.75, 3.05) is 12.5 Å². The normalized spacial score (nSPS) is 15.2. The standard InChI is InChI=1S/C3H9S2/c1-5(2,3)4/h4H,1H2,2-3H3. The van der Waals surface area contributed by atoms with Crippen LogP contribution in [0.15, 0.2) is 0 Å². The first-order chi connectivity index (χ1) is 2.00. The van der Waals surface area contributed by atoms with Gasteiger partial charge >= 0.3 is 0 Å². The molecule has 0 atom stereocenters. The summed E-state index contributed by atoms with van der Waals surface area (Å²) in [6.45, 7) is 0. The van der Waals surface area contributed by atoms with Crippen molar-refractivity contribution in [3.8, 4) is 0 Å². The second-order valence-electron chi connectivity index (χ2n) is 1.48. The summed E-state index contributed by atoms with van der Waals surface area (Å²) in [6.07, 6.45) is 7.77. The second-order valence-corrected chi connectivity index (χ2v) is 7.41. The summed E-state index contributed by atoms with van der Waals surface area (Å²) in [6, 6.07) is 0. The Bertz CT molecular complexity index is 20.4. The molecule has 0 nitrogen and oxygen atoms in total. The molecule has 0 saturated heterocycles. The third-order valence-corrected chi connectivity index (χ3v) is 0. The van der Waals surface area contributed by atoms with Crippen molar-refractivity contribution >= 4 is 20.7 Å². The molecule has 0 aliphatic carbocycles. The van der Waals surface area contributed by atoms with Crippen LogP contribution in [0.4, 0.5) is 0 Å². The Morgan fingerprint density at radius 2 is 1.60 bits per heavy atom. The van der Waals surface area contributed by atoms with E-state index in [2.05, 4.69) is 17.9 Å². The molecule has 0 unspecified atom stereocenters. The van der Waals surface area contributed by atoms with Crippen LogP contribution < -0.4 is 0 Å². The van der Waals surface area contributed by atoms with Crippen molar-refractivity contribution in [2.45, 2.75) is 0 Å². The van der Waals surface area contributed by atoms with Gasteiger partial charge in [0.05, 0.1) is 0 Å². The van der Waals surface area contributed by atoms with Crippen LogP contribution in [0.25, 0.3) is 0 Å². The second kappa shape index (κ2) is 1.43. The quantitative estimate of drug-likeness (QED) is 0.355.